The minimum atomic E-state index is 0.255. The number of hydrogen-bond donors (Lipinski definition) is 1. The van der Waals surface area contributed by atoms with Gasteiger partial charge in [0.1, 0.15) is 17.5 Å². The lowest BCUT2D eigenvalue weighted by Crippen LogP contribution is -2.49. The van der Waals surface area contributed by atoms with Gasteiger partial charge in [-0.3, -0.25) is 4.79 Å². The molecule has 0 atom stereocenters. The Morgan fingerprint density at radius 2 is 1.74 bits per heavy atom. The van der Waals surface area contributed by atoms with Crippen molar-refractivity contribution in [3.63, 3.8) is 0 Å². The molecular weight excluding hydrogens is 338 g/mol. The monoisotopic (exact) mass is 367 g/mol. The van der Waals surface area contributed by atoms with Gasteiger partial charge in [0.15, 0.2) is 0 Å². The smallest absolute Gasteiger partial charge is 0.222 e. The van der Waals surface area contributed by atoms with Gasteiger partial charge in [-0.1, -0.05) is 31.5 Å². The molecule has 6 nitrogen and oxygen atoms in total. The van der Waals surface area contributed by atoms with Crippen molar-refractivity contribution >= 4 is 23.2 Å². The van der Waals surface area contributed by atoms with E-state index in [0.717, 1.165) is 49.3 Å². The number of carbonyl (C=O) groups excluding carboxylic acids is 1. The maximum Gasteiger partial charge on any atom is 0.222 e. The largest absolute Gasteiger partial charge is 0.353 e. The van der Waals surface area contributed by atoms with Gasteiger partial charge in [-0.15, -0.1) is 0 Å². The summed E-state index contributed by atoms with van der Waals surface area (Å²) in [6, 6.07) is 10.2. The zero-order valence-electron chi connectivity index (χ0n) is 16.7. The van der Waals surface area contributed by atoms with Crippen molar-refractivity contribution in [2.24, 2.45) is 5.92 Å². The average Bonchev–Trinajstić information content (AvgIpc) is 2.63. The molecule has 0 bridgehead atoms. The second kappa shape index (κ2) is 8.37. The molecule has 1 saturated heterocycles. The van der Waals surface area contributed by atoms with Gasteiger partial charge in [0.2, 0.25) is 5.91 Å². The lowest BCUT2D eigenvalue weighted by molar-refractivity contribution is -0.132. The summed E-state index contributed by atoms with van der Waals surface area (Å²) in [6.07, 6.45) is 0.622. The van der Waals surface area contributed by atoms with Gasteiger partial charge in [-0.25, -0.2) is 9.97 Å². The lowest BCUT2D eigenvalue weighted by Gasteiger charge is -2.36. The van der Waals surface area contributed by atoms with Gasteiger partial charge in [0, 0.05) is 44.4 Å². The van der Waals surface area contributed by atoms with Crippen molar-refractivity contribution < 1.29 is 4.79 Å². The van der Waals surface area contributed by atoms with E-state index in [0.29, 0.717) is 12.3 Å². The molecule has 6 heteroatoms. The van der Waals surface area contributed by atoms with E-state index in [4.69, 9.17) is 0 Å². The highest BCUT2D eigenvalue weighted by Crippen LogP contribution is 2.21. The first-order valence-electron chi connectivity index (χ1n) is 9.63. The van der Waals surface area contributed by atoms with Crippen LogP contribution in [0.3, 0.4) is 0 Å². The normalized spacial score (nSPS) is 14.6. The van der Waals surface area contributed by atoms with Crippen molar-refractivity contribution in [3.05, 3.63) is 41.7 Å². The van der Waals surface area contributed by atoms with Gasteiger partial charge in [0.25, 0.3) is 0 Å². The molecule has 1 aromatic heterocycles. The van der Waals surface area contributed by atoms with Crippen LogP contribution in [0.4, 0.5) is 17.3 Å². The Morgan fingerprint density at radius 1 is 1.07 bits per heavy atom. The van der Waals surface area contributed by atoms with E-state index in [2.05, 4.69) is 53.1 Å². The van der Waals surface area contributed by atoms with Crippen LogP contribution in [-0.4, -0.2) is 47.0 Å². The van der Waals surface area contributed by atoms with Crippen molar-refractivity contribution in [2.75, 3.05) is 36.4 Å². The number of nitrogens with zero attached hydrogens (tertiary/aromatic N) is 4. The van der Waals surface area contributed by atoms with E-state index in [9.17, 15) is 4.79 Å². The molecule has 0 saturated carbocycles. The van der Waals surface area contributed by atoms with Gasteiger partial charge < -0.3 is 15.1 Å². The van der Waals surface area contributed by atoms with E-state index in [1.165, 1.54) is 5.56 Å². The van der Waals surface area contributed by atoms with Gasteiger partial charge in [-0.2, -0.15) is 0 Å². The molecule has 0 spiro atoms. The molecule has 2 heterocycles. The number of aryl methyl sites for hydroxylation is 2. The van der Waals surface area contributed by atoms with Crippen molar-refractivity contribution in [1.82, 2.24) is 14.9 Å². The van der Waals surface area contributed by atoms with Crippen LogP contribution in [0.5, 0.6) is 0 Å². The standard InChI is InChI=1S/C21H29N5O/c1-15(2)13-21(27)26-11-9-25(10-12-26)20-14-19(22-17(4)23-20)24-18-7-5-16(3)6-8-18/h5-8,14-15H,9-13H2,1-4H3,(H,22,23,24). The number of benzene rings is 1. The Kier molecular flexibility index (Phi) is 5.94. The number of rotatable bonds is 5. The van der Waals surface area contributed by atoms with Crippen LogP contribution in [0.15, 0.2) is 30.3 Å². The quantitative estimate of drug-likeness (QED) is 0.876. The van der Waals surface area contributed by atoms with Crippen LogP contribution >= 0.6 is 0 Å². The third kappa shape index (κ3) is 5.18. The molecule has 0 aliphatic carbocycles. The van der Waals surface area contributed by atoms with Crippen LogP contribution in [-0.2, 0) is 4.79 Å². The van der Waals surface area contributed by atoms with Crippen molar-refractivity contribution in [2.45, 2.75) is 34.1 Å². The first-order valence-corrected chi connectivity index (χ1v) is 9.63. The fourth-order valence-electron chi connectivity index (χ4n) is 3.23. The second-order valence-corrected chi connectivity index (χ2v) is 7.62. The SMILES string of the molecule is Cc1ccc(Nc2cc(N3CCN(C(=O)CC(C)C)CC3)nc(C)n2)cc1. The minimum absolute atomic E-state index is 0.255. The first kappa shape index (κ1) is 19.1. The van der Waals surface area contributed by atoms with Crippen molar-refractivity contribution in [1.29, 1.82) is 0 Å². The summed E-state index contributed by atoms with van der Waals surface area (Å²) in [7, 11) is 0. The third-order valence-electron chi connectivity index (χ3n) is 4.69. The lowest BCUT2D eigenvalue weighted by atomic mass is 10.1. The Bertz CT molecular complexity index is 780. The summed E-state index contributed by atoms with van der Waals surface area (Å²) in [5.41, 5.74) is 2.23. The number of hydrogen-bond acceptors (Lipinski definition) is 5. The molecule has 1 aliphatic heterocycles. The zero-order valence-corrected chi connectivity index (χ0v) is 16.7. The first-order chi connectivity index (χ1) is 12.9. The van der Waals surface area contributed by atoms with Gasteiger partial charge in [-0.05, 0) is 31.9 Å². The van der Waals surface area contributed by atoms with Gasteiger partial charge >= 0.3 is 0 Å². The summed E-state index contributed by atoms with van der Waals surface area (Å²) in [5.74, 6) is 3.09. The fraction of sp³-hybridized carbons (Fsp3) is 0.476. The maximum atomic E-state index is 12.3. The summed E-state index contributed by atoms with van der Waals surface area (Å²) >= 11 is 0. The van der Waals surface area contributed by atoms with Gasteiger partial charge in [0.05, 0.1) is 0 Å². The highest BCUT2D eigenvalue weighted by molar-refractivity contribution is 5.76. The average molecular weight is 367 g/mol. The number of carbonyl (C=O) groups is 1. The molecule has 27 heavy (non-hydrogen) atoms. The van der Waals surface area contributed by atoms with E-state index in [1.807, 2.05) is 30.0 Å². The van der Waals surface area contributed by atoms with Crippen LogP contribution in [0.2, 0.25) is 0 Å². The highest BCUT2D eigenvalue weighted by atomic mass is 16.2. The number of aromatic nitrogens is 2. The molecule has 144 valence electrons. The fourth-order valence-corrected chi connectivity index (χ4v) is 3.23. The maximum absolute atomic E-state index is 12.3. The number of nitrogens with one attached hydrogen (secondary N) is 1. The molecule has 1 aromatic carbocycles. The third-order valence-corrected chi connectivity index (χ3v) is 4.69. The molecule has 1 aliphatic rings. The molecule has 1 N–H and O–H groups in total. The Morgan fingerprint density at radius 3 is 2.37 bits per heavy atom. The molecule has 0 unspecified atom stereocenters. The number of piperazine rings is 1. The number of anilines is 3. The Labute approximate surface area is 161 Å². The van der Waals surface area contributed by atoms with Crippen LogP contribution in [0.1, 0.15) is 31.7 Å². The molecule has 3 rings (SSSR count). The van der Waals surface area contributed by atoms with Crippen LogP contribution in [0.25, 0.3) is 0 Å². The van der Waals surface area contributed by atoms with E-state index >= 15 is 0 Å². The second-order valence-electron chi connectivity index (χ2n) is 7.62. The summed E-state index contributed by atoms with van der Waals surface area (Å²) in [4.78, 5) is 25.6. The molecule has 2 aromatic rings. The van der Waals surface area contributed by atoms with Crippen molar-refractivity contribution in [3.8, 4) is 0 Å². The van der Waals surface area contributed by atoms with E-state index in [-0.39, 0.29) is 5.91 Å². The van der Waals surface area contributed by atoms with Crippen LogP contribution in [0, 0.1) is 19.8 Å². The Hall–Kier alpha value is -2.63. The zero-order chi connectivity index (χ0) is 19.4. The predicted molar refractivity (Wildman–Crippen MR) is 109 cm³/mol. The highest BCUT2D eigenvalue weighted by Gasteiger charge is 2.22. The predicted octanol–water partition coefficient (Wildman–Crippen LogP) is 3.53. The van der Waals surface area contributed by atoms with E-state index in [1.54, 1.807) is 0 Å². The molecule has 1 fully saturated rings. The molecule has 1 amide bonds. The Balaban J connectivity index is 1.66. The van der Waals surface area contributed by atoms with E-state index < -0.39 is 0 Å². The summed E-state index contributed by atoms with van der Waals surface area (Å²) < 4.78 is 0. The number of amides is 1. The summed E-state index contributed by atoms with van der Waals surface area (Å²) in [5, 5.41) is 3.36. The van der Waals surface area contributed by atoms with Crippen LogP contribution < -0.4 is 10.2 Å². The summed E-state index contributed by atoms with van der Waals surface area (Å²) in [6.45, 7) is 11.2. The minimum Gasteiger partial charge on any atom is -0.353 e. The topological polar surface area (TPSA) is 61.4 Å². The molecule has 0 radical (unpaired) electrons. The molecular formula is C21H29N5O.